The van der Waals surface area contributed by atoms with E-state index in [4.69, 9.17) is 0 Å². The van der Waals surface area contributed by atoms with Crippen LogP contribution in [0.5, 0.6) is 0 Å². The first-order chi connectivity index (χ1) is 9.10. The number of nitrogens with one attached hydrogen (secondary N) is 1. The first kappa shape index (κ1) is 14.5. The number of hydrogen-bond acceptors (Lipinski definition) is 2. The van der Waals surface area contributed by atoms with Gasteiger partial charge in [0, 0.05) is 20.8 Å². The molecule has 100 valence electrons. The van der Waals surface area contributed by atoms with Crippen LogP contribution < -0.4 is 5.32 Å². The van der Waals surface area contributed by atoms with Crippen molar-refractivity contribution in [3.63, 3.8) is 0 Å². The molecule has 1 N–H and O–H groups in total. The molecule has 19 heavy (non-hydrogen) atoms. The van der Waals surface area contributed by atoms with E-state index in [-0.39, 0.29) is 0 Å². The van der Waals surface area contributed by atoms with Gasteiger partial charge in [-0.2, -0.15) is 0 Å². The maximum absolute atomic E-state index is 13.1. The third-order valence-corrected chi connectivity index (χ3v) is 4.48. The molecule has 0 aromatic heterocycles. The number of benzene rings is 2. The molecule has 0 saturated heterocycles. The summed E-state index contributed by atoms with van der Waals surface area (Å²) in [6.45, 7) is 0.786. The van der Waals surface area contributed by atoms with Crippen molar-refractivity contribution in [1.29, 1.82) is 0 Å². The van der Waals surface area contributed by atoms with Crippen LogP contribution in [0.15, 0.2) is 50.7 Å². The van der Waals surface area contributed by atoms with Crippen LogP contribution in [0.4, 0.5) is 8.78 Å². The molecule has 0 unspecified atom stereocenters. The quantitative estimate of drug-likeness (QED) is 0.870. The van der Waals surface area contributed by atoms with Crippen molar-refractivity contribution in [3.05, 3.63) is 58.1 Å². The monoisotopic (exact) mass is 343 g/mol. The molecule has 2 rings (SSSR count). The SMILES string of the molecule is CNCc1ccc(Sc2ccc(F)c(F)c2)c(Br)c1. The van der Waals surface area contributed by atoms with Crippen LogP contribution in [0.25, 0.3) is 0 Å². The van der Waals surface area contributed by atoms with Gasteiger partial charge in [-0.15, -0.1) is 0 Å². The Morgan fingerprint density at radius 3 is 2.53 bits per heavy atom. The topological polar surface area (TPSA) is 12.0 Å². The first-order valence-electron chi connectivity index (χ1n) is 5.66. The van der Waals surface area contributed by atoms with Gasteiger partial charge in [0.15, 0.2) is 11.6 Å². The fourth-order valence-electron chi connectivity index (χ4n) is 1.61. The van der Waals surface area contributed by atoms with Gasteiger partial charge in [0.05, 0.1) is 0 Å². The van der Waals surface area contributed by atoms with E-state index in [2.05, 4.69) is 21.2 Å². The van der Waals surface area contributed by atoms with Crippen LogP contribution in [0, 0.1) is 11.6 Å². The maximum Gasteiger partial charge on any atom is 0.159 e. The summed E-state index contributed by atoms with van der Waals surface area (Å²) in [5.41, 5.74) is 1.16. The van der Waals surface area contributed by atoms with Crippen LogP contribution in [0.2, 0.25) is 0 Å². The lowest BCUT2D eigenvalue weighted by Gasteiger charge is -2.07. The Bertz CT molecular complexity index is 590. The van der Waals surface area contributed by atoms with Crippen molar-refractivity contribution in [2.75, 3.05) is 7.05 Å². The molecule has 2 aromatic carbocycles. The molecule has 0 saturated carbocycles. The molecule has 0 atom stereocenters. The van der Waals surface area contributed by atoms with Gasteiger partial charge in [-0.25, -0.2) is 8.78 Å². The van der Waals surface area contributed by atoms with Gasteiger partial charge < -0.3 is 5.32 Å². The van der Waals surface area contributed by atoms with Crippen LogP contribution in [-0.2, 0) is 6.54 Å². The lowest BCUT2D eigenvalue weighted by atomic mass is 10.2. The highest BCUT2D eigenvalue weighted by atomic mass is 79.9. The summed E-state index contributed by atoms with van der Waals surface area (Å²) in [6.07, 6.45) is 0. The van der Waals surface area contributed by atoms with Gasteiger partial charge in [0.25, 0.3) is 0 Å². The third-order valence-electron chi connectivity index (χ3n) is 2.50. The summed E-state index contributed by atoms with van der Waals surface area (Å²) in [4.78, 5) is 1.63. The molecule has 0 bridgehead atoms. The van der Waals surface area contributed by atoms with Crippen LogP contribution in [0.1, 0.15) is 5.56 Å². The highest BCUT2D eigenvalue weighted by molar-refractivity contribution is 9.10. The van der Waals surface area contributed by atoms with E-state index in [1.165, 1.54) is 17.8 Å². The lowest BCUT2D eigenvalue weighted by Crippen LogP contribution is -2.04. The standard InChI is InChI=1S/C14H12BrF2NS/c1-18-8-9-2-5-14(11(15)6-9)19-10-3-4-12(16)13(17)7-10/h2-7,18H,8H2,1H3. The average molecular weight is 344 g/mol. The van der Waals surface area contributed by atoms with Gasteiger partial charge in [-0.05, 0) is 58.9 Å². The highest BCUT2D eigenvalue weighted by Crippen LogP contribution is 2.34. The Morgan fingerprint density at radius 2 is 1.89 bits per heavy atom. The summed E-state index contributed by atoms with van der Waals surface area (Å²) >= 11 is 4.88. The summed E-state index contributed by atoms with van der Waals surface area (Å²) in [5, 5.41) is 3.08. The molecular formula is C14H12BrF2NS. The molecule has 0 aliphatic rings. The Morgan fingerprint density at radius 1 is 1.11 bits per heavy atom. The molecule has 1 nitrogen and oxygen atoms in total. The normalized spacial score (nSPS) is 10.7. The molecule has 0 spiro atoms. The summed E-state index contributed by atoms with van der Waals surface area (Å²) in [6, 6.07) is 9.89. The summed E-state index contributed by atoms with van der Waals surface area (Å²) in [7, 11) is 1.89. The van der Waals surface area contributed by atoms with E-state index < -0.39 is 11.6 Å². The minimum absolute atomic E-state index is 0.668. The van der Waals surface area contributed by atoms with Crippen molar-refractivity contribution in [2.45, 2.75) is 16.3 Å². The van der Waals surface area contributed by atoms with Gasteiger partial charge in [0.1, 0.15) is 0 Å². The van der Waals surface area contributed by atoms with Gasteiger partial charge in [-0.3, -0.25) is 0 Å². The van der Waals surface area contributed by atoms with E-state index >= 15 is 0 Å². The zero-order valence-electron chi connectivity index (χ0n) is 10.2. The van der Waals surface area contributed by atoms with E-state index in [0.717, 1.165) is 27.5 Å². The molecular weight excluding hydrogens is 332 g/mol. The second kappa shape index (κ2) is 6.50. The number of rotatable bonds is 4. The fourth-order valence-corrected chi connectivity index (χ4v) is 3.12. The Labute approximate surface area is 123 Å². The van der Waals surface area contributed by atoms with E-state index in [9.17, 15) is 8.78 Å². The first-order valence-corrected chi connectivity index (χ1v) is 7.27. The largest absolute Gasteiger partial charge is 0.316 e. The summed E-state index contributed by atoms with van der Waals surface area (Å²) in [5.74, 6) is -1.65. The predicted molar refractivity (Wildman–Crippen MR) is 77.4 cm³/mol. The summed E-state index contributed by atoms with van der Waals surface area (Å²) < 4.78 is 26.9. The molecule has 5 heteroatoms. The molecule has 0 aliphatic heterocycles. The molecule has 0 fully saturated rings. The van der Waals surface area contributed by atoms with E-state index in [1.54, 1.807) is 6.07 Å². The van der Waals surface area contributed by atoms with Crippen LogP contribution >= 0.6 is 27.7 Å². The van der Waals surface area contributed by atoms with Crippen LogP contribution in [0.3, 0.4) is 0 Å². The minimum Gasteiger partial charge on any atom is -0.316 e. The van der Waals surface area contributed by atoms with Crippen molar-refractivity contribution >= 4 is 27.7 Å². The smallest absolute Gasteiger partial charge is 0.159 e. The Hall–Kier alpha value is -0.910. The Balaban J connectivity index is 2.20. The number of halogens is 3. The van der Waals surface area contributed by atoms with E-state index in [0.29, 0.717) is 4.90 Å². The lowest BCUT2D eigenvalue weighted by molar-refractivity contribution is 0.506. The van der Waals surface area contributed by atoms with Gasteiger partial charge in [0.2, 0.25) is 0 Å². The fraction of sp³-hybridized carbons (Fsp3) is 0.143. The van der Waals surface area contributed by atoms with Crippen molar-refractivity contribution in [3.8, 4) is 0 Å². The molecule has 0 amide bonds. The molecule has 0 radical (unpaired) electrons. The molecule has 2 aromatic rings. The molecule has 0 aliphatic carbocycles. The predicted octanol–water partition coefficient (Wildman–Crippen LogP) is 4.60. The zero-order chi connectivity index (χ0) is 13.8. The van der Waals surface area contributed by atoms with Crippen molar-refractivity contribution < 1.29 is 8.78 Å². The van der Waals surface area contributed by atoms with Crippen molar-refractivity contribution in [1.82, 2.24) is 5.32 Å². The van der Waals surface area contributed by atoms with E-state index in [1.807, 2.05) is 25.2 Å². The second-order valence-corrected chi connectivity index (χ2v) is 5.94. The third kappa shape index (κ3) is 3.78. The highest BCUT2D eigenvalue weighted by Gasteiger charge is 2.07. The average Bonchev–Trinajstić information content (AvgIpc) is 2.37. The van der Waals surface area contributed by atoms with Gasteiger partial charge in [-0.1, -0.05) is 17.8 Å². The number of hydrogen-bond donors (Lipinski definition) is 1. The molecule has 0 heterocycles. The van der Waals surface area contributed by atoms with Crippen LogP contribution in [-0.4, -0.2) is 7.05 Å². The second-order valence-electron chi connectivity index (χ2n) is 3.97. The van der Waals surface area contributed by atoms with Gasteiger partial charge >= 0.3 is 0 Å². The van der Waals surface area contributed by atoms with Crippen molar-refractivity contribution in [2.24, 2.45) is 0 Å². The zero-order valence-corrected chi connectivity index (χ0v) is 12.6. The maximum atomic E-state index is 13.1. The Kier molecular flexibility index (Phi) is 4.96. The minimum atomic E-state index is -0.826.